The normalized spacial score (nSPS) is 9.20. The monoisotopic (exact) mass is 305 g/mol. The van der Waals surface area contributed by atoms with Crippen molar-refractivity contribution >= 4 is 27.5 Å². The number of nitrogens with zero attached hydrogens (tertiary/aromatic N) is 1. The maximum absolute atomic E-state index is 11.8. The first-order chi connectivity index (χ1) is 9.77. The van der Waals surface area contributed by atoms with Gasteiger partial charge in [0.2, 0.25) is 0 Å². The fourth-order valence-electron chi connectivity index (χ4n) is 1.28. The molecule has 1 aromatic carbocycles. The molecule has 0 heterocycles. The molecule has 0 atom stereocenters. The molecule has 0 fully saturated rings. The molecule has 6 heteroatoms. The van der Waals surface area contributed by atoms with Crippen LogP contribution in [-0.2, 0) is 0 Å². The van der Waals surface area contributed by atoms with Crippen LogP contribution in [0.3, 0.4) is 0 Å². The van der Waals surface area contributed by atoms with Gasteiger partial charge in [-0.05, 0) is 24.3 Å². The maximum Gasteiger partial charge on any atom is 0.251 e. The molecular formula is C14H15N3OS2. The highest BCUT2D eigenvalue weighted by molar-refractivity contribution is 8.76. The number of carbonyl (C=O) groups excluding carboxylic acids is 1. The molecule has 0 aliphatic carbocycles. The van der Waals surface area contributed by atoms with Crippen molar-refractivity contribution in [1.29, 1.82) is 5.26 Å². The standard InChI is InChI=1S/C14H15N3OS2/c15-7-1-2-12-3-5-13(6-4-12)14(18)17-9-11-20-19-10-8-16/h3-6H,8-11,16H2,(H,17,18). The number of benzene rings is 1. The lowest BCUT2D eigenvalue weighted by Gasteiger charge is -2.04. The van der Waals surface area contributed by atoms with Gasteiger partial charge in [0.05, 0.1) is 0 Å². The lowest BCUT2D eigenvalue weighted by Crippen LogP contribution is -2.25. The van der Waals surface area contributed by atoms with Crippen LogP contribution in [0.4, 0.5) is 0 Å². The van der Waals surface area contributed by atoms with Gasteiger partial charge in [-0.1, -0.05) is 27.5 Å². The number of amides is 1. The minimum atomic E-state index is -0.103. The Morgan fingerprint density at radius 1 is 1.25 bits per heavy atom. The maximum atomic E-state index is 11.8. The fraction of sp³-hybridized carbons (Fsp3) is 0.286. The third-order valence-corrected chi connectivity index (χ3v) is 4.61. The van der Waals surface area contributed by atoms with E-state index in [-0.39, 0.29) is 5.91 Å². The van der Waals surface area contributed by atoms with Gasteiger partial charge in [-0.25, -0.2) is 0 Å². The highest BCUT2D eigenvalue weighted by atomic mass is 33.1. The van der Waals surface area contributed by atoms with Gasteiger partial charge >= 0.3 is 0 Å². The first-order valence-corrected chi connectivity index (χ1v) is 8.49. The quantitative estimate of drug-likeness (QED) is 0.455. The van der Waals surface area contributed by atoms with Crippen molar-refractivity contribution in [2.45, 2.75) is 0 Å². The summed E-state index contributed by atoms with van der Waals surface area (Å²) >= 11 is 0. The van der Waals surface area contributed by atoms with Crippen LogP contribution in [0.15, 0.2) is 24.3 Å². The van der Waals surface area contributed by atoms with Crippen molar-refractivity contribution in [3.8, 4) is 17.9 Å². The van der Waals surface area contributed by atoms with Crippen LogP contribution < -0.4 is 11.1 Å². The Kier molecular flexibility index (Phi) is 8.41. The number of carbonyl (C=O) groups is 1. The van der Waals surface area contributed by atoms with Gasteiger partial charge in [-0.15, -0.1) is 0 Å². The lowest BCUT2D eigenvalue weighted by atomic mass is 10.1. The first kappa shape index (κ1) is 16.5. The SMILES string of the molecule is N#CC#Cc1ccc(C(=O)NCCSSCCN)cc1. The van der Waals surface area contributed by atoms with Gasteiger partial charge in [0.25, 0.3) is 5.91 Å². The number of nitrogens with two attached hydrogens (primary N) is 1. The topological polar surface area (TPSA) is 78.9 Å². The number of rotatable bonds is 7. The second-order valence-electron chi connectivity index (χ2n) is 3.63. The van der Waals surface area contributed by atoms with E-state index in [9.17, 15) is 4.79 Å². The van der Waals surface area contributed by atoms with E-state index in [1.807, 2.05) is 0 Å². The van der Waals surface area contributed by atoms with Crippen LogP contribution in [0.1, 0.15) is 15.9 Å². The van der Waals surface area contributed by atoms with Crippen molar-refractivity contribution < 1.29 is 4.79 Å². The van der Waals surface area contributed by atoms with E-state index in [1.165, 1.54) is 0 Å². The van der Waals surface area contributed by atoms with E-state index in [1.54, 1.807) is 51.9 Å². The highest BCUT2D eigenvalue weighted by Gasteiger charge is 2.03. The summed E-state index contributed by atoms with van der Waals surface area (Å²) in [5.74, 6) is 6.65. The van der Waals surface area contributed by atoms with Crippen molar-refractivity contribution in [2.75, 3.05) is 24.6 Å². The molecule has 0 aromatic heterocycles. The summed E-state index contributed by atoms with van der Waals surface area (Å²) in [6.07, 6.45) is 0. The summed E-state index contributed by atoms with van der Waals surface area (Å²) in [6, 6.07) is 8.61. The number of nitrogens with one attached hydrogen (secondary N) is 1. The molecule has 1 rings (SSSR count). The van der Waals surface area contributed by atoms with Crippen LogP contribution in [0, 0.1) is 23.2 Å². The molecular weight excluding hydrogens is 290 g/mol. The second kappa shape index (κ2) is 10.2. The highest BCUT2D eigenvalue weighted by Crippen LogP contribution is 2.18. The predicted octanol–water partition coefficient (Wildman–Crippen LogP) is 1.63. The summed E-state index contributed by atoms with van der Waals surface area (Å²) in [4.78, 5) is 11.8. The minimum Gasteiger partial charge on any atom is -0.351 e. The van der Waals surface area contributed by atoms with Crippen LogP contribution in [-0.4, -0.2) is 30.5 Å². The third kappa shape index (κ3) is 6.53. The first-order valence-electron chi connectivity index (χ1n) is 6.00. The van der Waals surface area contributed by atoms with Gasteiger partial charge < -0.3 is 11.1 Å². The van der Waals surface area contributed by atoms with Crippen molar-refractivity contribution in [3.05, 3.63) is 35.4 Å². The van der Waals surface area contributed by atoms with Crippen LogP contribution in [0.2, 0.25) is 0 Å². The molecule has 0 unspecified atom stereocenters. The molecule has 1 aromatic rings. The number of hydrogen-bond donors (Lipinski definition) is 2. The largest absolute Gasteiger partial charge is 0.351 e. The summed E-state index contributed by atoms with van der Waals surface area (Å²) in [7, 11) is 3.41. The van der Waals surface area contributed by atoms with Gasteiger partial charge in [-0.2, -0.15) is 5.26 Å². The molecule has 0 radical (unpaired) electrons. The Morgan fingerprint density at radius 3 is 2.60 bits per heavy atom. The zero-order valence-corrected chi connectivity index (χ0v) is 12.5. The average Bonchev–Trinajstić information content (AvgIpc) is 2.49. The van der Waals surface area contributed by atoms with Crippen LogP contribution >= 0.6 is 21.6 Å². The minimum absolute atomic E-state index is 0.103. The predicted molar refractivity (Wildman–Crippen MR) is 85.2 cm³/mol. The van der Waals surface area contributed by atoms with Gasteiger partial charge in [0, 0.05) is 41.6 Å². The van der Waals surface area contributed by atoms with E-state index in [0.717, 1.165) is 17.1 Å². The molecule has 0 spiro atoms. The van der Waals surface area contributed by atoms with E-state index in [4.69, 9.17) is 11.0 Å². The molecule has 1 amide bonds. The average molecular weight is 305 g/mol. The molecule has 0 saturated carbocycles. The summed E-state index contributed by atoms with van der Waals surface area (Å²) < 4.78 is 0. The summed E-state index contributed by atoms with van der Waals surface area (Å²) in [5, 5.41) is 11.2. The Bertz CT molecular complexity index is 526. The van der Waals surface area contributed by atoms with E-state index < -0.39 is 0 Å². The summed E-state index contributed by atoms with van der Waals surface area (Å²) in [6.45, 7) is 1.29. The zero-order valence-electron chi connectivity index (χ0n) is 10.9. The van der Waals surface area contributed by atoms with Gasteiger partial charge in [0.15, 0.2) is 6.07 Å². The fourth-order valence-corrected chi connectivity index (χ4v) is 3.04. The molecule has 4 nitrogen and oxygen atoms in total. The molecule has 0 saturated heterocycles. The zero-order chi connectivity index (χ0) is 14.6. The van der Waals surface area contributed by atoms with E-state index >= 15 is 0 Å². The van der Waals surface area contributed by atoms with E-state index in [2.05, 4.69) is 17.2 Å². The second-order valence-corrected chi connectivity index (χ2v) is 6.33. The molecule has 104 valence electrons. The molecule has 0 aliphatic heterocycles. The Balaban J connectivity index is 2.35. The van der Waals surface area contributed by atoms with Crippen LogP contribution in [0.25, 0.3) is 0 Å². The van der Waals surface area contributed by atoms with Crippen LogP contribution in [0.5, 0.6) is 0 Å². The third-order valence-electron chi connectivity index (χ3n) is 2.17. The van der Waals surface area contributed by atoms with Crippen molar-refractivity contribution in [3.63, 3.8) is 0 Å². The summed E-state index contributed by atoms with van der Waals surface area (Å²) in [5.41, 5.74) is 6.69. The van der Waals surface area contributed by atoms with Gasteiger partial charge in [0.1, 0.15) is 0 Å². The Morgan fingerprint density at radius 2 is 1.95 bits per heavy atom. The van der Waals surface area contributed by atoms with Gasteiger partial charge in [-0.3, -0.25) is 4.79 Å². The number of nitriles is 1. The molecule has 20 heavy (non-hydrogen) atoms. The van der Waals surface area contributed by atoms with E-state index in [0.29, 0.717) is 18.7 Å². The lowest BCUT2D eigenvalue weighted by molar-refractivity contribution is 0.0956. The molecule has 0 aliphatic rings. The Labute approximate surface area is 126 Å². The molecule has 0 bridgehead atoms. The number of hydrogen-bond acceptors (Lipinski definition) is 5. The smallest absolute Gasteiger partial charge is 0.251 e. The van der Waals surface area contributed by atoms with Crippen molar-refractivity contribution in [2.24, 2.45) is 5.73 Å². The van der Waals surface area contributed by atoms with Crippen molar-refractivity contribution in [1.82, 2.24) is 5.32 Å². The Hall–Kier alpha value is -1.60. The molecule has 3 N–H and O–H groups in total.